The van der Waals surface area contributed by atoms with Crippen molar-refractivity contribution < 1.29 is 14.3 Å². The summed E-state index contributed by atoms with van der Waals surface area (Å²) in [6.07, 6.45) is 4.29. The van der Waals surface area contributed by atoms with Crippen molar-refractivity contribution in [3.05, 3.63) is 53.6 Å². The third kappa shape index (κ3) is 4.54. The summed E-state index contributed by atoms with van der Waals surface area (Å²) in [6.45, 7) is 2.84. The van der Waals surface area contributed by atoms with Crippen LogP contribution in [0.15, 0.2) is 42.5 Å². The number of amides is 2. The van der Waals surface area contributed by atoms with Crippen LogP contribution in [-0.2, 0) is 0 Å². The Bertz CT molecular complexity index is 791. The van der Waals surface area contributed by atoms with Crippen LogP contribution < -0.4 is 14.8 Å². The second kappa shape index (κ2) is 8.80. The predicted molar refractivity (Wildman–Crippen MR) is 108 cm³/mol. The van der Waals surface area contributed by atoms with Crippen LogP contribution >= 0.6 is 0 Å². The summed E-state index contributed by atoms with van der Waals surface area (Å²) in [6, 6.07) is 13.9. The van der Waals surface area contributed by atoms with Crippen molar-refractivity contribution in [1.82, 2.24) is 4.90 Å². The summed E-state index contributed by atoms with van der Waals surface area (Å²) >= 11 is 0. The molecule has 1 N–H and O–H groups in total. The Labute approximate surface area is 161 Å². The van der Waals surface area contributed by atoms with Gasteiger partial charge in [0, 0.05) is 12.6 Å². The van der Waals surface area contributed by atoms with Gasteiger partial charge in [-0.2, -0.15) is 0 Å². The van der Waals surface area contributed by atoms with Crippen LogP contribution in [0.2, 0.25) is 0 Å². The number of urea groups is 1. The molecule has 5 nitrogen and oxygen atoms in total. The summed E-state index contributed by atoms with van der Waals surface area (Å²) in [5.74, 6) is 1.28. The smallest absolute Gasteiger partial charge is 0.322 e. The van der Waals surface area contributed by atoms with E-state index >= 15 is 0 Å². The van der Waals surface area contributed by atoms with Crippen molar-refractivity contribution in [3.63, 3.8) is 0 Å². The van der Waals surface area contributed by atoms with Crippen LogP contribution in [0, 0.1) is 6.92 Å². The zero-order valence-electron chi connectivity index (χ0n) is 16.3. The van der Waals surface area contributed by atoms with Gasteiger partial charge in [-0.3, -0.25) is 0 Å². The number of nitrogens with zero attached hydrogens (tertiary/aromatic N) is 1. The molecule has 1 aliphatic rings. The first kappa shape index (κ1) is 19.1. The van der Waals surface area contributed by atoms with E-state index in [1.165, 1.54) is 11.1 Å². The molecule has 1 heterocycles. The lowest BCUT2D eigenvalue weighted by atomic mass is 9.99. The number of ether oxygens (including phenoxy) is 2. The standard InChI is InChI=1S/C22H28N2O3/c1-16-8-7-9-17(14-16)20-10-5-4-6-13-24(20)22(25)23-19-12-11-18(26-2)15-21(19)27-3/h7-9,11-12,14-15,20H,4-6,10,13H2,1-3H3,(H,23,25)/t20-/m1/s1. The number of rotatable bonds is 4. The Kier molecular flexibility index (Phi) is 6.22. The lowest BCUT2D eigenvalue weighted by molar-refractivity contribution is 0.189. The van der Waals surface area contributed by atoms with Crippen LogP contribution in [-0.4, -0.2) is 31.7 Å². The average Bonchev–Trinajstić information content (AvgIpc) is 2.94. The van der Waals surface area contributed by atoms with Gasteiger partial charge in [0.1, 0.15) is 11.5 Å². The average molecular weight is 368 g/mol. The Hall–Kier alpha value is -2.69. The molecule has 0 aromatic heterocycles. The number of benzene rings is 2. The predicted octanol–water partition coefficient (Wildman–Crippen LogP) is 5.16. The van der Waals surface area contributed by atoms with E-state index in [1.807, 2.05) is 17.0 Å². The second-order valence-electron chi connectivity index (χ2n) is 6.97. The van der Waals surface area contributed by atoms with Crippen molar-refractivity contribution >= 4 is 11.7 Å². The highest BCUT2D eigenvalue weighted by Gasteiger charge is 2.27. The second-order valence-corrected chi connectivity index (χ2v) is 6.97. The number of likely N-dealkylation sites (tertiary alicyclic amines) is 1. The quantitative estimate of drug-likeness (QED) is 0.811. The van der Waals surface area contributed by atoms with Crippen molar-refractivity contribution in [1.29, 1.82) is 0 Å². The lowest BCUT2D eigenvalue weighted by Gasteiger charge is -2.31. The minimum atomic E-state index is -0.0909. The normalized spacial score (nSPS) is 17.1. The van der Waals surface area contributed by atoms with E-state index in [9.17, 15) is 4.79 Å². The monoisotopic (exact) mass is 368 g/mol. The van der Waals surface area contributed by atoms with E-state index in [2.05, 4.69) is 36.5 Å². The molecule has 0 radical (unpaired) electrons. The first-order chi connectivity index (χ1) is 13.1. The van der Waals surface area contributed by atoms with Gasteiger partial charge in [-0.25, -0.2) is 4.79 Å². The summed E-state index contributed by atoms with van der Waals surface area (Å²) in [5, 5.41) is 3.03. The fourth-order valence-corrected chi connectivity index (χ4v) is 3.66. The van der Waals surface area contributed by atoms with E-state index in [4.69, 9.17) is 9.47 Å². The fraction of sp³-hybridized carbons (Fsp3) is 0.409. The first-order valence-electron chi connectivity index (χ1n) is 9.48. The maximum Gasteiger partial charge on any atom is 0.322 e. The fourth-order valence-electron chi connectivity index (χ4n) is 3.66. The van der Waals surface area contributed by atoms with E-state index < -0.39 is 0 Å². The summed E-state index contributed by atoms with van der Waals surface area (Å²) in [5.41, 5.74) is 3.07. The number of carbonyl (C=O) groups excluding carboxylic acids is 1. The van der Waals surface area contributed by atoms with Crippen LogP contribution in [0.4, 0.5) is 10.5 Å². The van der Waals surface area contributed by atoms with Crippen molar-refractivity contribution in [2.45, 2.75) is 38.6 Å². The van der Waals surface area contributed by atoms with Crippen LogP contribution in [0.1, 0.15) is 42.9 Å². The van der Waals surface area contributed by atoms with Gasteiger partial charge < -0.3 is 19.7 Å². The summed E-state index contributed by atoms with van der Waals surface area (Å²) in [4.78, 5) is 15.1. The number of methoxy groups -OCH3 is 2. The molecule has 1 aliphatic heterocycles. The highest BCUT2D eigenvalue weighted by atomic mass is 16.5. The molecular weight excluding hydrogens is 340 g/mol. The summed E-state index contributed by atoms with van der Waals surface area (Å²) < 4.78 is 10.6. The first-order valence-corrected chi connectivity index (χ1v) is 9.48. The molecule has 144 valence electrons. The third-order valence-electron chi connectivity index (χ3n) is 5.09. The number of hydrogen-bond donors (Lipinski definition) is 1. The van der Waals surface area contributed by atoms with E-state index in [0.717, 1.165) is 32.2 Å². The van der Waals surface area contributed by atoms with Crippen LogP contribution in [0.5, 0.6) is 11.5 Å². The molecule has 2 amide bonds. The Balaban J connectivity index is 1.84. The van der Waals surface area contributed by atoms with Gasteiger partial charge in [0.2, 0.25) is 0 Å². The highest BCUT2D eigenvalue weighted by Crippen LogP contribution is 2.33. The lowest BCUT2D eigenvalue weighted by Crippen LogP contribution is -2.38. The number of anilines is 1. The molecule has 1 atom stereocenters. The summed E-state index contributed by atoms with van der Waals surface area (Å²) in [7, 11) is 3.20. The number of nitrogens with one attached hydrogen (secondary N) is 1. The number of carbonyl (C=O) groups is 1. The minimum Gasteiger partial charge on any atom is -0.497 e. The van der Waals surface area contributed by atoms with Crippen molar-refractivity contribution in [2.75, 3.05) is 26.1 Å². The molecule has 5 heteroatoms. The van der Waals surface area contributed by atoms with Gasteiger partial charge in [-0.05, 0) is 37.5 Å². The van der Waals surface area contributed by atoms with Crippen molar-refractivity contribution in [3.8, 4) is 11.5 Å². The van der Waals surface area contributed by atoms with Crippen LogP contribution in [0.25, 0.3) is 0 Å². The molecule has 0 saturated carbocycles. The van der Waals surface area contributed by atoms with E-state index in [-0.39, 0.29) is 12.1 Å². The van der Waals surface area contributed by atoms with Crippen molar-refractivity contribution in [2.24, 2.45) is 0 Å². The molecule has 0 aliphatic carbocycles. The Morgan fingerprint density at radius 1 is 1.07 bits per heavy atom. The van der Waals surface area contributed by atoms with Gasteiger partial charge >= 0.3 is 6.03 Å². The maximum atomic E-state index is 13.1. The molecule has 0 spiro atoms. The van der Waals surface area contributed by atoms with E-state index in [0.29, 0.717) is 17.2 Å². The van der Waals surface area contributed by atoms with Gasteiger partial charge in [-0.1, -0.05) is 42.7 Å². The molecule has 0 bridgehead atoms. The molecule has 2 aromatic carbocycles. The van der Waals surface area contributed by atoms with Gasteiger partial charge in [0.25, 0.3) is 0 Å². The zero-order valence-corrected chi connectivity index (χ0v) is 16.3. The minimum absolute atomic E-state index is 0.0909. The Morgan fingerprint density at radius 2 is 1.93 bits per heavy atom. The molecule has 27 heavy (non-hydrogen) atoms. The zero-order chi connectivity index (χ0) is 19.2. The molecule has 1 saturated heterocycles. The highest BCUT2D eigenvalue weighted by molar-refractivity contribution is 5.91. The number of hydrogen-bond acceptors (Lipinski definition) is 3. The van der Waals surface area contributed by atoms with Gasteiger partial charge in [-0.15, -0.1) is 0 Å². The topological polar surface area (TPSA) is 50.8 Å². The van der Waals surface area contributed by atoms with Gasteiger partial charge in [0.05, 0.1) is 25.9 Å². The molecule has 0 unspecified atom stereocenters. The largest absolute Gasteiger partial charge is 0.497 e. The molecule has 3 rings (SSSR count). The van der Waals surface area contributed by atoms with Crippen LogP contribution in [0.3, 0.4) is 0 Å². The SMILES string of the molecule is COc1ccc(NC(=O)N2CCCCC[C@@H]2c2cccc(C)c2)c(OC)c1. The number of aryl methyl sites for hydroxylation is 1. The molecule has 2 aromatic rings. The molecule has 1 fully saturated rings. The third-order valence-corrected chi connectivity index (χ3v) is 5.09. The Morgan fingerprint density at radius 3 is 2.67 bits per heavy atom. The molecular formula is C22H28N2O3. The van der Waals surface area contributed by atoms with Gasteiger partial charge in [0.15, 0.2) is 0 Å². The van der Waals surface area contributed by atoms with E-state index in [1.54, 1.807) is 20.3 Å². The maximum absolute atomic E-state index is 13.1.